The Balaban J connectivity index is 1.54. The van der Waals surface area contributed by atoms with Gasteiger partial charge in [-0.15, -0.1) is 5.06 Å². The maximum Gasteiger partial charge on any atom is 0.285 e. The average Bonchev–Trinajstić information content (AvgIpc) is 3.00. The molecular formula is C18H12N2O5. The number of nitrogens with zero attached hydrogens (tertiary/aromatic N) is 2. The monoisotopic (exact) mass is 336 g/mol. The fourth-order valence-corrected chi connectivity index (χ4v) is 2.92. The Morgan fingerprint density at radius 2 is 1.32 bits per heavy atom. The van der Waals surface area contributed by atoms with Crippen molar-refractivity contribution in [3.63, 3.8) is 0 Å². The van der Waals surface area contributed by atoms with Crippen molar-refractivity contribution in [1.82, 2.24) is 9.96 Å². The summed E-state index contributed by atoms with van der Waals surface area (Å²) in [4.78, 5) is 54.8. The molecule has 0 atom stereocenters. The van der Waals surface area contributed by atoms with Crippen LogP contribution in [0.3, 0.4) is 0 Å². The van der Waals surface area contributed by atoms with Crippen LogP contribution < -0.4 is 0 Å². The van der Waals surface area contributed by atoms with Crippen LogP contribution >= 0.6 is 0 Å². The van der Waals surface area contributed by atoms with E-state index in [1.54, 1.807) is 36.4 Å². The number of rotatable bonds is 3. The van der Waals surface area contributed by atoms with Crippen molar-refractivity contribution >= 4 is 23.6 Å². The molecule has 0 aliphatic carbocycles. The van der Waals surface area contributed by atoms with E-state index >= 15 is 0 Å². The summed E-state index contributed by atoms with van der Waals surface area (Å²) in [5.41, 5.74) is 1.78. The van der Waals surface area contributed by atoms with Crippen LogP contribution in [0.5, 0.6) is 0 Å². The Bertz CT molecular complexity index is 931. The van der Waals surface area contributed by atoms with Gasteiger partial charge in [0, 0.05) is 7.05 Å². The van der Waals surface area contributed by atoms with Crippen LogP contribution in [0.2, 0.25) is 0 Å². The molecule has 4 amide bonds. The van der Waals surface area contributed by atoms with Crippen molar-refractivity contribution in [2.24, 2.45) is 0 Å². The molecule has 25 heavy (non-hydrogen) atoms. The molecule has 2 aliphatic rings. The highest BCUT2D eigenvalue weighted by atomic mass is 16.7. The number of imide groups is 2. The molecule has 2 aromatic rings. The third kappa shape index (κ3) is 2.17. The van der Waals surface area contributed by atoms with Crippen molar-refractivity contribution in [2.45, 2.75) is 6.61 Å². The molecule has 0 bridgehead atoms. The van der Waals surface area contributed by atoms with Gasteiger partial charge in [0.15, 0.2) is 0 Å². The Morgan fingerprint density at radius 3 is 1.96 bits per heavy atom. The van der Waals surface area contributed by atoms with E-state index in [-0.39, 0.29) is 24.0 Å². The smallest absolute Gasteiger partial charge is 0.277 e. The molecule has 0 unspecified atom stereocenters. The summed E-state index contributed by atoms with van der Waals surface area (Å²) < 4.78 is 0. The van der Waals surface area contributed by atoms with E-state index in [4.69, 9.17) is 4.84 Å². The van der Waals surface area contributed by atoms with E-state index in [0.717, 1.165) is 9.96 Å². The van der Waals surface area contributed by atoms with Crippen molar-refractivity contribution in [2.75, 3.05) is 7.05 Å². The molecule has 0 aromatic heterocycles. The first kappa shape index (κ1) is 15.2. The minimum absolute atomic E-state index is 0.0794. The Morgan fingerprint density at radius 1 is 0.760 bits per heavy atom. The largest absolute Gasteiger partial charge is 0.285 e. The molecular weight excluding hydrogens is 324 g/mol. The standard InChI is InChI=1S/C18H12N2O5/c1-19-15(21)13-7-6-10(8-14(13)16(19)22)9-25-20-17(23)11-4-2-3-5-12(11)18(20)24/h2-8H,9H2,1H3. The predicted molar refractivity (Wildman–Crippen MR) is 84.6 cm³/mol. The van der Waals surface area contributed by atoms with Gasteiger partial charge < -0.3 is 0 Å². The molecule has 0 saturated carbocycles. The Hall–Kier alpha value is -3.32. The summed E-state index contributed by atoms with van der Waals surface area (Å²) in [7, 11) is 1.42. The van der Waals surface area contributed by atoms with Crippen molar-refractivity contribution in [3.8, 4) is 0 Å². The molecule has 7 nitrogen and oxygen atoms in total. The fraction of sp³-hybridized carbons (Fsp3) is 0.111. The quantitative estimate of drug-likeness (QED) is 0.796. The van der Waals surface area contributed by atoms with Crippen LogP contribution in [-0.4, -0.2) is 40.6 Å². The van der Waals surface area contributed by atoms with Gasteiger partial charge in [0.25, 0.3) is 23.6 Å². The SMILES string of the molecule is CN1C(=O)c2ccc(CON3C(=O)c4ccccc4C3=O)cc2C1=O. The topological polar surface area (TPSA) is 84.0 Å². The molecule has 2 aliphatic heterocycles. The lowest BCUT2D eigenvalue weighted by Crippen LogP contribution is -2.29. The fourth-order valence-electron chi connectivity index (χ4n) is 2.92. The van der Waals surface area contributed by atoms with Crippen molar-refractivity contribution in [3.05, 3.63) is 70.3 Å². The zero-order valence-corrected chi connectivity index (χ0v) is 13.2. The summed E-state index contributed by atoms with van der Waals surface area (Å²) in [6.45, 7) is -0.0794. The minimum Gasteiger partial charge on any atom is -0.277 e. The van der Waals surface area contributed by atoms with E-state index in [0.29, 0.717) is 22.3 Å². The lowest BCUT2D eigenvalue weighted by Gasteiger charge is -2.13. The second kappa shape index (κ2) is 5.35. The first-order chi connectivity index (χ1) is 12.0. The minimum atomic E-state index is -0.521. The van der Waals surface area contributed by atoms with Crippen LogP contribution in [0.15, 0.2) is 42.5 Å². The third-order valence-electron chi connectivity index (χ3n) is 4.27. The van der Waals surface area contributed by atoms with E-state index in [1.165, 1.54) is 13.1 Å². The number of benzene rings is 2. The zero-order valence-electron chi connectivity index (χ0n) is 13.2. The van der Waals surface area contributed by atoms with Crippen molar-refractivity contribution in [1.29, 1.82) is 0 Å². The van der Waals surface area contributed by atoms with Gasteiger partial charge in [0.1, 0.15) is 6.61 Å². The molecule has 7 heteroatoms. The summed E-state index contributed by atoms with van der Waals surface area (Å²) in [6, 6.07) is 11.2. The number of amides is 4. The summed E-state index contributed by atoms with van der Waals surface area (Å²) in [5.74, 6) is -1.78. The number of fused-ring (bicyclic) bond motifs is 2. The number of hydrogen-bond acceptors (Lipinski definition) is 5. The van der Waals surface area contributed by atoms with Gasteiger partial charge in [0.05, 0.1) is 22.3 Å². The number of carbonyl (C=O) groups excluding carboxylic acids is 4. The highest BCUT2D eigenvalue weighted by molar-refractivity contribution is 6.21. The first-order valence-corrected chi connectivity index (χ1v) is 7.55. The average molecular weight is 336 g/mol. The van der Waals surface area contributed by atoms with Crippen LogP contribution in [0, 0.1) is 0 Å². The predicted octanol–water partition coefficient (Wildman–Crippen LogP) is 1.64. The molecule has 0 N–H and O–H groups in total. The number of hydroxylamine groups is 2. The highest BCUT2D eigenvalue weighted by Crippen LogP contribution is 2.25. The number of carbonyl (C=O) groups is 4. The maximum absolute atomic E-state index is 12.2. The molecule has 2 heterocycles. The van der Waals surface area contributed by atoms with E-state index in [9.17, 15) is 19.2 Å². The molecule has 2 aromatic carbocycles. The first-order valence-electron chi connectivity index (χ1n) is 7.55. The van der Waals surface area contributed by atoms with Crippen LogP contribution in [-0.2, 0) is 11.4 Å². The molecule has 0 spiro atoms. The molecule has 4 rings (SSSR count). The van der Waals surface area contributed by atoms with Gasteiger partial charge in [-0.3, -0.25) is 28.9 Å². The summed E-state index contributed by atoms with van der Waals surface area (Å²) >= 11 is 0. The second-order valence-electron chi connectivity index (χ2n) is 5.77. The molecule has 124 valence electrons. The van der Waals surface area contributed by atoms with Crippen LogP contribution in [0.25, 0.3) is 0 Å². The summed E-state index contributed by atoms with van der Waals surface area (Å²) in [5, 5.41) is 0.719. The lowest BCUT2D eigenvalue weighted by atomic mass is 10.1. The van der Waals surface area contributed by atoms with Gasteiger partial charge in [-0.2, -0.15) is 0 Å². The molecule has 0 radical (unpaired) electrons. The number of hydrogen-bond donors (Lipinski definition) is 0. The third-order valence-corrected chi connectivity index (χ3v) is 4.27. The molecule has 0 saturated heterocycles. The van der Waals surface area contributed by atoms with E-state index in [2.05, 4.69) is 0 Å². The van der Waals surface area contributed by atoms with E-state index < -0.39 is 11.8 Å². The van der Waals surface area contributed by atoms with Gasteiger partial charge in [-0.05, 0) is 29.8 Å². The maximum atomic E-state index is 12.2. The van der Waals surface area contributed by atoms with Crippen LogP contribution in [0.1, 0.15) is 47.0 Å². The normalized spacial score (nSPS) is 15.9. The Kier molecular flexibility index (Phi) is 3.26. The van der Waals surface area contributed by atoms with Gasteiger partial charge in [0.2, 0.25) is 0 Å². The summed E-state index contributed by atoms with van der Waals surface area (Å²) in [6.07, 6.45) is 0. The van der Waals surface area contributed by atoms with Gasteiger partial charge in [-0.1, -0.05) is 18.2 Å². The van der Waals surface area contributed by atoms with E-state index in [1.807, 2.05) is 0 Å². The highest BCUT2D eigenvalue weighted by Gasteiger charge is 2.37. The van der Waals surface area contributed by atoms with Gasteiger partial charge >= 0.3 is 0 Å². The zero-order chi connectivity index (χ0) is 17.7. The molecule has 0 fully saturated rings. The second-order valence-corrected chi connectivity index (χ2v) is 5.77. The Labute approximate surface area is 142 Å². The van der Waals surface area contributed by atoms with Crippen molar-refractivity contribution < 1.29 is 24.0 Å². The van der Waals surface area contributed by atoms with Crippen LogP contribution in [0.4, 0.5) is 0 Å². The lowest BCUT2D eigenvalue weighted by molar-refractivity contribution is -0.101. The van der Waals surface area contributed by atoms with Gasteiger partial charge in [-0.25, -0.2) is 0 Å².